The Morgan fingerprint density at radius 2 is 2.11 bits per heavy atom. The zero-order valence-electron chi connectivity index (χ0n) is 11.6. The number of phenolic OH excluding ortho intramolecular Hbond substituents is 1. The Kier molecular flexibility index (Phi) is 4.30. The smallest absolute Gasteiger partial charge is 0.267 e. The molecule has 0 saturated heterocycles. The van der Waals surface area contributed by atoms with E-state index in [-0.39, 0.29) is 11.7 Å². The van der Waals surface area contributed by atoms with Crippen LogP contribution in [0.15, 0.2) is 18.2 Å². The van der Waals surface area contributed by atoms with E-state index in [2.05, 4.69) is 6.92 Å². The lowest BCUT2D eigenvalue weighted by molar-refractivity contribution is -0.125. The van der Waals surface area contributed by atoms with Gasteiger partial charge in [-0.05, 0) is 25.5 Å². The van der Waals surface area contributed by atoms with Gasteiger partial charge in [0, 0.05) is 12.6 Å². The number of rotatable bonds is 5. The molecule has 0 spiro atoms. The van der Waals surface area contributed by atoms with Crippen molar-refractivity contribution >= 4 is 11.6 Å². The third-order valence-electron chi connectivity index (χ3n) is 3.39. The fraction of sp³-hybridized carbons (Fsp3) is 0.533. The second kappa shape index (κ2) is 5.95. The van der Waals surface area contributed by atoms with Gasteiger partial charge in [-0.25, -0.2) is 0 Å². The number of benzene rings is 1. The van der Waals surface area contributed by atoms with E-state index in [4.69, 9.17) is 4.74 Å². The molecule has 4 nitrogen and oxygen atoms in total. The number of unbranched alkanes of at least 4 members (excludes halogenated alkanes) is 3. The second-order valence-electron chi connectivity index (χ2n) is 4.96. The number of hydrogen-bond donors (Lipinski definition) is 1. The van der Waals surface area contributed by atoms with Gasteiger partial charge in [0.25, 0.3) is 5.91 Å². The molecule has 2 rings (SSSR count). The zero-order chi connectivity index (χ0) is 13.8. The first-order chi connectivity index (χ1) is 9.13. The summed E-state index contributed by atoms with van der Waals surface area (Å²) in [6.07, 6.45) is 4.00. The molecule has 0 saturated carbocycles. The van der Waals surface area contributed by atoms with E-state index < -0.39 is 6.10 Å². The number of amides is 1. The van der Waals surface area contributed by atoms with Crippen LogP contribution in [-0.2, 0) is 4.79 Å². The van der Waals surface area contributed by atoms with Crippen LogP contribution >= 0.6 is 0 Å². The molecule has 1 aliphatic heterocycles. The highest BCUT2D eigenvalue weighted by molar-refractivity contribution is 5.99. The fourth-order valence-electron chi connectivity index (χ4n) is 2.33. The molecule has 1 amide bonds. The molecule has 1 N–H and O–H groups in total. The average Bonchev–Trinajstić information content (AvgIpc) is 2.38. The van der Waals surface area contributed by atoms with Gasteiger partial charge in [-0.3, -0.25) is 4.79 Å². The molecule has 1 heterocycles. The molecular weight excluding hydrogens is 242 g/mol. The molecule has 1 aliphatic rings. The van der Waals surface area contributed by atoms with Crippen molar-refractivity contribution in [1.82, 2.24) is 0 Å². The highest BCUT2D eigenvalue weighted by atomic mass is 16.5. The van der Waals surface area contributed by atoms with E-state index in [1.165, 1.54) is 12.8 Å². The van der Waals surface area contributed by atoms with Crippen molar-refractivity contribution in [2.75, 3.05) is 11.4 Å². The predicted octanol–water partition coefficient (Wildman–Crippen LogP) is 3.09. The zero-order valence-corrected chi connectivity index (χ0v) is 11.6. The minimum atomic E-state index is -0.486. The minimum absolute atomic E-state index is 0.00492. The SMILES string of the molecule is CCCCCCN1C(=O)C(C)Oc2cc(O)ccc21. The van der Waals surface area contributed by atoms with Crippen LogP contribution < -0.4 is 9.64 Å². The van der Waals surface area contributed by atoms with Gasteiger partial charge in [0.15, 0.2) is 6.10 Å². The van der Waals surface area contributed by atoms with Crippen molar-refractivity contribution in [2.24, 2.45) is 0 Å². The summed E-state index contributed by atoms with van der Waals surface area (Å²) in [5, 5.41) is 9.49. The fourth-order valence-corrected chi connectivity index (χ4v) is 2.33. The number of carbonyl (C=O) groups excluding carboxylic acids is 1. The van der Waals surface area contributed by atoms with Gasteiger partial charge in [-0.2, -0.15) is 0 Å². The van der Waals surface area contributed by atoms with Gasteiger partial charge < -0.3 is 14.7 Å². The first-order valence-corrected chi connectivity index (χ1v) is 6.94. The lowest BCUT2D eigenvalue weighted by atomic mass is 10.1. The lowest BCUT2D eigenvalue weighted by Gasteiger charge is -2.33. The molecule has 19 heavy (non-hydrogen) atoms. The highest BCUT2D eigenvalue weighted by Crippen LogP contribution is 2.36. The molecule has 0 bridgehead atoms. The van der Waals surface area contributed by atoms with Crippen molar-refractivity contribution in [3.05, 3.63) is 18.2 Å². The summed E-state index contributed by atoms with van der Waals surface area (Å²) in [6.45, 7) is 4.62. The Hall–Kier alpha value is -1.71. The number of anilines is 1. The van der Waals surface area contributed by atoms with Crippen LogP contribution in [0.4, 0.5) is 5.69 Å². The molecule has 0 aromatic heterocycles. The van der Waals surface area contributed by atoms with Crippen molar-refractivity contribution in [1.29, 1.82) is 0 Å². The van der Waals surface area contributed by atoms with Crippen LogP contribution in [-0.4, -0.2) is 23.7 Å². The Bertz CT molecular complexity index is 459. The third kappa shape index (κ3) is 3.00. The number of nitrogens with zero attached hydrogens (tertiary/aromatic N) is 1. The normalized spacial score (nSPS) is 18.1. The highest BCUT2D eigenvalue weighted by Gasteiger charge is 2.31. The van der Waals surface area contributed by atoms with E-state index in [1.807, 2.05) is 0 Å². The predicted molar refractivity (Wildman–Crippen MR) is 74.7 cm³/mol. The van der Waals surface area contributed by atoms with Crippen LogP contribution in [0.3, 0.4) is 0 Å². The van der Waals surface area contributed by atoms with Crippen LogP contribution in [0.2, 0.25) is 0 Å². The second-order valence-corrected chi connectivity index (χ2v) is 4.96. The molecule has 1 atom stereocenters. The summed E-state index contributed by atoms with van der Waals surface area (Å²) in [5.74, 6) is 0.739. The van der Waals surface area contributed by atoms with Gasteiger partial charge in [0.1, 0.15) is 11.5 Å². The van der Waals surface area contributed by atoms with Gasteiger partial charge in [0.2, 0.25) is 0 Å². The van der Waals surface area contributed by atoms with Crippen molar-refractivity contribution in [2.45, 2.75) is 45.6 Å². The lowest BCUT2D eigenvalue weighted by Crippen LogP contribution is -2.44. The van der Waals surface area contributed by atoms with E-state index in [1.54, 1.807) is 30.0 Å². The molecule has 4 heteroatoms. The standard InChI is InChI=1S/C15H21NO3/c1-3-4-5-6-9-16-13-8-7-12(17)10-14(13)19-11(2)15(16)18/h7-8,10-11,17H,3-6,9H2,1-2H3. The van der Waals surface area contributed by atoms with E-state index in [9.17, 15) is 9.90 Å². The van der Waals surface area contributed by atoms with E-state index >= 15 is 0 Å². The molecule has 104 valence electrons. The molecular formula is C15H21NO3. The summed E-state index contributed by atoms with van der Waals surface area (Å²) in [5.41, 5.74) is 0.761. The van der Waals surface area contributed by atoms with E-state index in [0.29, 0.717) is 12.3 Å². The summed E-state index contributed by atoms with van der Waals surface area (Å²) in [7, 11) is 0. The van der Waals surface area contributed by atoms with Crippen LogP contribution in [0.5, 0.6) is 11.5 Å². The molecule has 0 aliphatic carbocycles. The Labute approximate surface area is 114 Å². The van der Waals surface area contributed by atoms with E-state index in [0.717, 1.165) is 18.5 Å². The number of ether oxygens (including phenoxy) is 1. The quantitative estimate of drug-likeness (QED) is 0.830. The van der Waals surface area contributed by atoms with Gasteiger partial charge in [0.05, 0.1) is 5.69 Å². The Morgan fingerprint density at radius 3 is 2.84 bits per heavy atom. The van der Waals surface area contributed by atoms with Crippen LogP contribution in [0.1, 0.15) is 39.5 Å². The summed E-state index contributed by atoms with van der Waals surface area (Å²) < 4.78 is 5.53. The largest absolute Gasteiger partial charge is 0.508 e. The Morgan fingerprint density at radius 1 is 1.32 bits per heavy atom. The summed E-state index contributed by atoms with van der Waals surface area (Å²) in [4.78, 5) is 14.0. The van der Waals surface area contributed by atoms with Gasteiger partial charge in [-0.1, -0.05) is 26.2 Å². The third-order valence-corrected chi connectivity index (χ3v) is 3.39. The maximum atomic E-state index is 12.2. The topological polar surface area (TPSA) is 49.8 Å². The van der Waals surface area contributed by atoms with Crippen molar-refractivity contribution < 1.29 is 14.6 Å². The number of hydrogen-bond acceptors (Lipinski definition) is 3. The van der Waals surface area contributed by atoms with Crippen molar-refractivity contribution in [3.63, 3.8) is 0 Å². The molecule has 1 aromatic rings. The molecule has 0 fully saturated rings. The van der Waals surface area contributed by atoms with Crippen LogP contribution in [0.25, 0.3) is 0 Å². The maximum absolute atomic E-state index is 12.2. The minimum Gasteiger partial charge on any atom is -0.508 e. The molecule has 1 aromatic carbocycles. The maximum Gasteiger partial charge on any atom is 0.267 e. The average molecular weight is 263 g/mol. The summed E-state index contributed by atoms with van der Waals surface area (Å²) in [6, 6.07) is 4.90. The Balaban J connectivity index is 2.14. The first-order valence-electron chi connectivity index (χ1n) is 6.94. The number of aromatic hydroxyl groups is 1. The van der Waals surface area contributed by atoms with Crippen LogP contribution in [0, 0.1) is 0 Å². The number of carbonyl (C=O) groups is 1. The molecule has 1 unspecified atom stereocenters. The monoisotopic (exact) mass is 263 g/mol. The van der Waals surface area contributed by atoms with Gasteiger partial charge in [-0.15, -0.1) is 0 Å². The van der Waals surface area contributed by atoms with Gasteiger partial charge >= 0.3 is 0 Å². The van der Waals surface area contributed by atoms with Crippen molar-refractivity contribution in [3.8, 4) is 11.5 Å². The first kappa shape index (κ1) is 13.7. The number of fused-ring (bicyclic) bond motifs is 1. The summed E-state index contributed by atoms with van der Waals surface area (Å²) >= 11 is 0. The molecule has 0 radical (unpaired) electrons. The number of phenols is 1.